The second-order valence-electron chi connectivity index (χ2n) is 9.12. The van der Waals surface area contributed by atoms with Gasteiger partial charge in [-0.15, -0.1) is 0 Å². The topological polar surface area (TPSA) is 126 Å². The van der Waals surface area contributed by atoms with Gasteiger partial charge in [-0.2, -0.15) is 9.97 Å². The summed E-state index contributed by atoms with van der Waals surface area (Å²) in [6, 6.07) is 12.2. The molecule has 2 atom stereocenters. The van der Waals surface area contributed by atoms with Gasteiger partial charge in [0.25, 0.3) is 0 Å². The molecule has 0 radical (unpaired) electrons. The van der Waals surface area contributed by atoms with Gasteiger partial charge < -0.3 is 35.8 Å². The predicted octanol–water partition coefficient (Wildman–Crippen LogP) is 4.10. The van der Waals surface area contributed by atoms with Crippen molar-refractivity contribution in [3.63, 3.8) is 0 Å². The van der Waals surface area contributed by atoms with E-state index in [0.717, 1.165) is 25.5 Å². The van der Waals surface area contributed by atoms with Crippen molar-refractivity contribution in [1.82, 2.24) is 20.4 Å². The molecule has 36 heavy (non-hydrogen) atoms. The van der Waals surface area contributed by atoms with E-state index >= 15 is 4.39 Å². The Morgan fingerprint density at radius 1 is 1.17 bits per heavy atom. The Hall–Kier alpha value is -4.12. The van der Waals surface area contributed by atoms with Gasteiger partial charge in [-0.05, 0) is 49.6 Å². The van der Waals surface area contributed by atoms with Crippen molar-refractivity contribution in [3.8, 4) is 11.5 Å². The van der Waals surface area contributed by atoms with Crippen LogP contribution in [0, 0.1) is 11.7 Å². The van der Waals surface area contributed by atoms with E-state index < -0.39 is 5.82 Å². The first-order valence-electron chi connectivity index (χ1n) is 12.0. The number of fused-ring (bicyclic) bond motifs is 2. The summed E-state index contributed by atoms with van der Waals surface area (Å²) >= 11 is 0. The fraction of sp³-hybridized carbons (Fsp3) is 0.320. The number of benzene rings is 2. The average molecular weight is 491 g/mol. The number of hydrogen-bond donors (Lipinski definition) is 4. The molecule has 2 fully saturated rings. The molecule has 6 rings (SSSR count). The third-order valence-corrected chi connectivity index (χ3v) is 6.77. The van der Waals surface area contributed by atoms with Gasteiger partial charge in [-0.25, -0.2) is 4.39 Å². The SMILES string of the molecule is CNc1noc2cccc(Oc3ccc(Nc4cc(N5C[C@H]6CCCN[C@H]6C5)nc(N)n4)cc3F)c12. The summed E-state index contributed by atoms with van der Waals surface area (Å²) in [6.07, 6.45) is 2.42. The van der Waals surface area contributed by atoms with Crippen molar-refractivity contribution >= 4 is 40.1 Å². The average Bonchev–Trinajstić information content (AvgIpc) is 3.50. The number of nitrogen functional groups attached to an aromatic ring is 1. The van der Waals surface area contributed by atoms with Crippen molar-refractivity contribution < 1.29 is 13.7 Å². The maximum absolute atomic E-state index is 15.0. The maximum Gasteiger partial charge on any atom is 0.223 e. The zero-order valence-electron chi connectivity index (χ0n) is 19.8. The molecule has 0 unspecified atom stereocenters. The Morgan fingerprint density at radius 3 is 2.92 bits per heavy atom. The van der Waals surface area contributed by atoms with Gasteiger partial charge in [-0.1, -0.05) is 11.2 Å². The molecular weight excluding hydrogens is 463 g/mol. The van der Waals surface area contributed by atoms with Gasteiger partial charge in [0, 0.05) is 44.0 Å². The zero-order chi connectivity index (χ0) is 24.6. The second kappa shape index (κ2) is 9.15. The van der Waals surface area contributed by atoms with Gasteiger partial charge in [0.05, 0.1) is 0 Å². The van der Waals surface area contributed by atoms with Crippen LogP contribution in [0.2, 0.25) is 0 Å². The van der Waals surface area contributed by atoms with E-state index in [4.69, 9.17) is 15.0 Å². The number of anilines is 5. The standard InChI is InChI=1S/C25H27FN8O2/c1-28-24-23-19(5-2-6-20(23)36-33-24)35-18-8-7-15(10-16(18)26)30-21-11-22(32-25(27)31-21)34-12-14-4-3-9-29-17(14)13-34/h2,5-8,10-11,14,17,29H,3-4,9,12-13H2,1H3,(H,28,33)(H3,27,30,31,32)/t14-,17+/m1/s1. The summed E-state index contributed by atoms with van der Waals surface area (Å²) in [5.74, 6) is 2.55. The number of nitrogens with one attached hydrogen (secondary N) is 3. The van der Waals surface area contributed by atoms with Gasteiger partial charge in [0.15, 0.2) is 23.0 Å². The minimum Gasteiger partial charge on any atom is -0.453 e. The molecule has 2 aliphatic heterocycles. The number of rotatable bonds is 6. The summed E-state index contributed by atoms with van der Waals surface area (Å²) in [7, 11) is 1.73. The molecule has 2 aromatic heterocycles. The number of nitrogens with zero attached hydrogens (tertiary/aromatic N) is 4. The fourth-order valence-electron chi connectivity index (χ4n) is 5.06. The van der Waals surface area contributed by atoms with E-state index in [1.54, 1.807) is 37.4 Å². The Balaban J connectivity index is 1.21. The van der Waals surface area contributed by atoms with Crippen LogP contribution in [0.1, 0.15) is 12.8 Å². The predicted molar refractivity (Wildman–Crippen MR) is 136 cm³/mol. The zero-order valence-corrected chi connectivity index (χ0v) is 19.8. The van der Waals surface area contributed by atoms with Crippen LogP contribution in [0.3, 0.4) is 0 Å². The maximum atomic E-state index is 15.0. The van der Waals surface area contributed by atoms with E-state index in [-0.39, 0.29) is 11.7 Å². The third-order valence-electron chi connectivity index (χ3n) is 6.77. The largest absolute Gasteiger partial charge is 0.453 e. The quantitative estimate of drug-likeness (QED) is 0.314. The van der Waals surface area contributed by atoms with Crippen LogP contribution in [-0.2, 0) is 0 Å². The first kappa shape index (κ1) is 22.4. The number of halogens is 1. The summed E-state index contributed by atoms with van der Waals surface area (Å²) < 4.78 is 26.2. The normalized spacial score (nSPS) is 19.3. The number of hydrogen-bond acceptors (Lipinski definition) is 10. The highest BCUT2D eigenvalue weighted by Gasteiger charge is 2.35. The number of ether oxygens (including phenoxy) is 1. The first-order chi connectivity index (χ1) is 17.6. The number of piperidine rings is 1. The number of nitrogens with two attached hydrogens (primary N) is 1. The van der Waals surface area contributed by atoms with Crippen LogP contribution in [-0.4, -0.2) is 47.8 Å². The lowest BCUT2D eigenvalue weighted by Gasteiger charge is -2.24. The van der Waals surface area contributed by atoms with E-state index in [1.807, 2.05) is 6.07 Å². The molecule has 0 spiro atoms. The molecule has 186 valence electrons. The fourth-order valence-corrected chi connectivity index (χ4v) is 5.06. The molecule has 2 aliphatic rings. The molecule has 5 N–H and O–H groups in total. The molecule has 10 nitrogen and oxygen atoms in total. The van der Waals surface area contributed by atoms with E-state index in [2.05, 4.69) is 36.0 Å². The summed E-state index contributed by atoms with van der Waals surface area (Å²) in [5, 5.41) is 14.3. The van der Waals surface area contributed by atoms with E-state index in [1.165, 1.54) is 18.9 Å². The number of aromatic nitrogens is 3. The van der Waals surface area contributed by atoms with E-state index in [0.29, 0.717) is 46.0 Å². The second-order valence-corrected chi connectivity index (χ2v) is 9.12. The summed E-state index contributed by atoms with van der Waals surface area (Å²) in [5.41, 5.74) is 7.07. The van der Waals surface area contributed by atoms with Gasteiger partial charge in [0.2, 0.25) is 5.95 Å². The van der Waals surface area contributed by atoms with Crippen molar-refractivity contribution in [2.75, 3.05) is 47.9 Å². The van der Waals surface area contributed by atoms with Crippen molar-refractivity contribution in [2.24, 2.45) is 5.92 Å². The summed E-state index contributed by atoms with van der Waals surface area (Å²) in [4.78, 5) is 11.0. The summed E-state index contributed by atoms with van der Waals surface area (Å²) in [6.45, 7) is 2.88. The molecule has 0 saturated carbocycles. The molecule has 2 saturated heterocycles. The smallest absolute Gasteiger partial charge is 0.223 e. The Kier molecular flexibility index (Phi) is 5.68. The van der Waals surface area contributed by atoms with Crippen LogP contribution in [0.5, 0.6) is 11.5 Å². The van der Waals surface area contributed by atoms with Crippen molar-refractivity contribution in [3.05, 3.63) is 48.3 Å². The molecule has 0 amide bonds. The van der Waals surface area contributed by atoms with Crippen LogP contribution < -0.4 is 31.3 Å². The monoisotopic (exact) mass is 490 g/mol. The molecule has 4 heterocycles. The Morgan fingerprint density at radius 2 is 2.08 bits per heavy atom. The molecule has 4 aromatic rings. The van der Waals surface area contributed by atoms with Gasteiger partial charge in [0.1, 0.15) is 22.8 Å². The van der Waals surface area contributed by atoms with Crippen LogP contribution in [0.4, 0.5) is 33.5 Å². The molecular formula is C25H27FN8O2. The Bertz CT molecular complexity index is 1400. The minimum atomic E-state index is -0.531. The van der Waals surface area contributed by atoms with Gasteiger partial charge >= 0.3 is 0 Å². The highest BCUT2D eigenvalue weighted by Crippen LogP contribution is 2.36. The lowest BCUT2D eigenvalue weighted by atomic mass is 9.94. The van der Waals surface area contributed by atoms with Crippen LogP contribution >= 0.6 is 0 Å². The molecule has 11 heteroatoms. The van der Waals surface area contributed by atoms with Crippen LogP contribution in [0.25, 0.3) is 11.0 Å². The lowest BCUT2D eigenvalue weighted by Crippen LogP contribution is -2.40. The highest BCUT2D eigenvalue weighted by molar-refractivity contribution is 5.93. The Labute approximate surface area is 207 Å². The lowest BCUT2D eigenvalue weighted by molar-refractivity contribution is 0.340. The van der Waals surface area contributed by atoms with Crippen molar-refractivity contribution in [1.29, 1.82) is 0 Å². The molecule has 0 aliphatic carbocycles. The van der Waals surface area contributed by atoms with Crippen LogP contribution in [0.15, 0.2) is 47.0 Å². The van der Waals surface area contributed by atoms with Crippen molar-refractivity contribution in [2.45, 2.75) is 18.9 Å². The molecule has 0 bridgehead atoms. The minimum absolute atomic E-state index is 0.0753. The first-order valence-corrected chi connectivity index (χ1v) is 12.0. The van der Waals surface area contributed by atoms with Gasteiger partial charge in [-0.3, -0.25) is 0 Å². The van der Waals surface area contributed by atoms with E-state index in [9.17, 15) is 0 Å². The molecule has 2 aromatic carbocycles. The third kappa shape index (κ3) is 4.22. The highest BCUT2D eigenvalue weighted by atomic mass is 19.1.